The van der Waals surface area contributed by atoms with Crippen molar-refractivity contribution < 1.29 is 14.6 Å². The third-order valence-electron chi connectivity index (χ3n) is 6.01. The smallest absolute Gasteiger partial charge is 0.260 e. The lowest BCUT2D eigenvalue weighted by atomic mass is 10.0. The van der Waals surface area contributed by atoms with Gasteiger partial charge in [0.25, 0.3) is 6.29 Å². The van der Waals surface area contributed by atoms with Gasteiger partial charge in [-0.25, -0.2) is 15.0 Å². The quantitative estimate of drug-likeness (QED) is 0.348. The number of allylic oxidation sites excluding steroid dienone is 2. The van der Waals surface area contributed by atoms with Gasteiger partial charge in [-0.15, -0.1) is 0 Å². The molecular formula is C30H27N3O3. The fourth-order valence-electron chi connectivity index (χ4n) is 4.21. The standard InChI is InChI=1S/C30H27N3O3/c1-18-8-11-23(20(3)15-18)28-31-29(24-12-9-19(2)16-21(24)4)33-30(32-28)25-13-10-22(17-26(25)34)36-27-7-5-6-14-35-27/h5-17,27,34H,1-4H3. The normalized spacial score (nSPS) is 14.5. The third-order valence-corrected chi connectivity index (χ3v) is 6.01. The van der Waals surface area contributed by atoms with Gasteiger partial charge in [0.15, 0.2) is 17.5 Å². The van der Waals surface area contributed by atoms with Crippen molar-refractivity contribution in [3.63, 3.8) is 0 Å². The Bertz CT molecular complexity index is 1440. The molecule has 1 aliphatic heterocycles. The molecule has 6 nitrogen and oxygen atoms in total. The van der Waals surface area contributed by atoms with E-state index in [-0.39, 0.29) is 5.75 Å². The third kappa shape index (κ3) is 4.84. The van der Waals surface area contributed by atoms with E-state index in [0.29, 0.717) is 28.8 Å². The molecule has 2 heterocycles. The fourth-order valence-corrected chi connectivity index (χ4v) is 4.21. The van der Waals surface area contributed by atoms with E-state index >= 15 is 0 Å². The van der Waals surface area contributed by atoms with Crippen LogP contribution in [0.25, 0.3) is 34.2 Å². The molecule has 4 aromatic rings. The van der Waals surface area contributed by atoms with Crippen LogP contribution in [-0.2, 0) is 4.74 Å². The number of rotatable bonds is 5. The summed E-state index contributed by atoms with van der Waals surface area (Å²) in [6.45, 7) is 8.21. The molecule has 3 aromatic carbocycles. The summed E-state index contributed by atoms with van der Waals surface area (Å²) in [7, 11) is 0. The van der Waals surface area contributed by atoms with Crippen molar-refractivity contribution in [3.8, 4) is 45.7 Å². The van der Waals surface area contributed by atoms with E-state index < -0.39 is 6.29 Å². The van der Waals surface area contributed by atoms with Crippen molar-refractivity contribution in [1.29, 1.82) is 0 Å². The Labute approximate surface area is 210 Å². The minimum absolute atomic E-state index is 0.00665. The Balaban J connectivity index is 1.61. The van der Waals surface area contributed by atoms with Gasteiger partial charge < -0.3 is 14.6 Å². The summed E-state index contributed by atoms with van der Waals surface area (Å²) in [5.74, 6) is 1.97. The van der Waals surface area contributed by atoms with Crippen molar-refractivity contribution in [2.45, 2.75) is 34.0 Å². The lowest BCUT2D eigenvalue weighted by molar-refractivity contribution is 0.00777. The fraction of sp³-hybridized carbons (Fsp3) is 0.167. The summed E-state index contributed by atoms with van der Waals surface area (Å²) in [5.41, 5.74) is 6.80. The van der Waals surface area contributed by atoms with Gasteiger partial charge in [-0.05, 0) is 63.1 Å². The molecule has 0 aliphatic carbocycles. The summed E-state index contributed by atoms with van der Waals surface area (Å²) >= 11 is 0. The van der Waals surface area contributed by atoms with Crippen molar-refractivity contribution in [1.82, 2.24) is 15.0 Å². The molecule has 1 aliphatic rings. The maximum Gasteiger partial charge on any atom is 0.260 e. The first-order valence-electron chi connectivity index (χ1n) is 11.8. The van der Waals surface area contributed by atoms with Crippen LogP contribution >= 0.6 is 0 Å². The van der Waals surface area contributed by atoms with Crippen LogP contribution < -0.4 is 4.74 Å². The van der Waals surface area contributed by atoms with Crippen LogP contribution in [0.5, 0.6) is 11.5 Å². The van der Waals surface area contributed by atoms with E-state index in [9.17, 15) is 5.11 Å². The first-order chi connectivity index (χ1) is 17.4. The summed E-state index contributed by atoms with van der Waals surface area (Å²) in [6, 6.07) is 17.4. The lowest BCUT2D eigenvalue weighted by Crippen LogP contribution is -2.16. The van der Waals surface area contributed by atoms with Crippen molar-refractivity contribution >= 4 is 0 Å². The molecule has 0 saturated heterocycles. The van der Waals surface area contributed by atoms with Gasteiger partial charge in [0.05, 0.1) is 11.8 Å². The molecule has 0 saturated carbocycles. The van der Waals surface area contributed by atoms with E-state index in [0.717, 1.165) is 22.3 Å². The van der Waals surface area contributed by atoms with E-state index in [4.69, 9.17) is 24.4 Å². The molecule has 1 N–H and O–H groups in total. The zero-order chi connectivity index (χ0) is 25.2. The number of aromatic hydroxyl groups is 1. The highest BCUT2D eigenvalue weighted by atomic mass is 16.7. The highest BCUT2D eigenvalue weighted by Crippen LogP contribution is 2.34. The predicted octanol–water partition coefficient (Wildman–Crippen LogP) is 6.62. The number of phenols is 1. The largest absolute Gasteiger partial charge is 0.507 e. The predicted molar refractivity (Wildman–Crippen MR) is 141 cm³/mol. The molecule has 1 aromatic heterocycles. The second-order valence-electron chi connectivity index (χ2n) is 8.96. The minimum Gasteiger partial charge on any atom is -0.507 e. The highest BCUT2D eigenvalue weighted by molar-refractivity contribution is 5.72. The van der Waals surface area contributed by atoms with E-state index in [2.05, 4.69) is 26.0 Å². The van der Waals surface area contributed by atoms with E-state index in [1.54, 1.807) is 36.6 Å². The number of benzene rings is 3. The zero-order valence-corrected chi connectivity index (χ0v) is 20.7. The average molecular weight is 478 g/mol. The van der Waals surface area contributed by atoms with Gasteiger partial charge in [0.1, 0.15) is 11.5 Å². The molecule has 36 heavy (non-hydrogen) atoms. The number of aromatic nitrogens is 3. The van der Waals surface area contributed by atoms with Crippen LogP contribution in [-0.4, -0.2) is 26.3 Å². The average Bonchev–Trinajstić information content (AvgIpc) is 2.84. The van der Waals surface area contributed by atoms with Gasteiger partial charge >= 0.3 is 0 Å². The van der Waals surface area contributed by atoms with Gasteiger partial charge in [-0.1, -0.05) is 53.6 Å². The van der Waals surface area contributed by atoms with Gasteiger partial charge in [-0.3, -0.25) is 0 Å². The summed E-state index contributed by atoms with van der Waals surface area (Å²) in [5, 5.41) is 10.9. The maximum absolute atomic E-state index is 10.9. The maximum atomic E-state index is 10.9. The van der Waals surface area contributed by atoms with Crippen LogP contribution in [0.3, 0.4) is 0 Å². The minimum atomic E-state index is -0.551. The molecule has 5 rings (SSSR count). The van der Waals surface area contributed by atoms with Crippen molar-refractivity contribution in [3.05, 3.63) is 101 Å². The summed E-state index contributed by atoms with van der Waals surface area (Å²) < 4.78 is 11.2. The van der Waals surface area contributed by atoms with Crippen LogP contribution in [0.15, 0.2) is 79.1 Å². The first-order valence-corrected chi connectivity index (χ1v) is 11.8. The number of ether oxygens (including phenoxy) is 2. The van der Waals surface area contributed by atoms with Gasteiger partial charge in [0.2, 0.25) is 0 Å². The molecule has 180 valence electrons. The Morgan fingerprint density at radius 2 is 1.25 bits per heavy atom. The molecular weight excluding hydrogens is 450 g/mol. The zero-order valence-electron chi connectivity index (χ0n) is 20.7. The van der Waals surface area contributed by atoms with Crippen LogP contribution in [0.4, 0.5) is 0 Å². The molecule has 0 radical (unpaired) electrons. The molecule has 0 bridgehead atoms. The van der Waals surface area contributed by atoms with E-state index in [1.165, 1.54) is 11.1 Å². The molecule has 0 amide bonds. The van der Waals surface area contributed by atoms with Crippen LogP contribution in [0.1, 0.15) is 22.3 Å². The summed E-state index contributed by atoms with van der Waals surface area (Å²) in [4.78, 5) is 14.4. The monoisotopic (exact) mass is 477 g/mol. The number of aryl methyl sites for hydroxylation is 4. The molecule has 0 spiro atoms. The van der Waals surface area contributed by atoms with Crippen molar-refractivity contribution in [2.24, 2.45) is 0 Å². The van der Waals surface area contributed by atoms with Crippen molar-refractivity contribution in [2.75, 3.05) is 0 Å². The molecule has 0 fully saturated rings. The Kier molecular flexibility index (Phi) is 6.25. The second kappa shape index (κ2) is 9.66. The Morgan fingerprint density at radius 1 is 0.694 bits per heavy atom. The second-order valence-corrected chi connectivity index (χ2v) is 8.96. The lowest BCUT2D eigenvalue weighted by Gasteiger charge is -2.17. The topological polar surface area (TPSA) is 77.4 Å². The van der Waals surface area contributed by atoms with Gasteiger partial charge in [-0.2, -0.15) is 0 Å². The Hall–Kier alpha value is -4.45. The first kappa shape index (κ1) is 23.3. The molecule has 1 unspecified atom stereocenters. The molecule has 6 heteroatoms. The highest BCUT2D eigenvalue weighted by Gasteiger charge is 2.18. The summed E-state index contributed by atoms with van der Waals surface area (Å²) in [6.07, 6.45) is 6.42. The van der Waals surface area contributed by atoms with Gasteiger partial charge in [0, 0.05) is 17.2 Å². The van der Waals surface area contributed by atoms with Crippen LogP contribution in [0, 0.1) is 27.7 Å². The number of nitrogens with zero attached hydrogens (tertiary/aromatic N) is 3. The molecule has 1 atom stereocenters. The SMILES string of the molecule is Cc1ccc(-c2nc(-c3ccc(C)cc3C)nc(-c3ccc(OC4C=CC=CO4)cc3O)n2)c(C)c1. The number of hydrogen-bond donors (Lipinski definition) is 1. The number of hydrogen-bond acceptors (Lipinski definition) is 6. The van der Waals surface area contributed by atoms with Crippen LogP contribution in [0.2, 0.25) is 0 Å². The number of phenolic OH excluding ortho intramolecular Hbond substituents is 1. The van der Waals surface area contributed by atoms with E-state index in [1.807, 2.05) is 44.2 Å². The Morgan fingerprint density at radius 3 is 1.75 bits per heavy atom.